The topological polar surface area (TPSA) is 78.9 Å². The molecule has 0 aromatic carbocycles. The zero-order valence-corrected chi connectivity index (χ0v) is 40.7. The Morgan fingerprint density at radius 1 is 0.328 bits per heavy atom. The summed E-state index contributed by atoms with van der Waals surface area (Å²) >= 11 is 0. The minimum Gasteiger partial charge on any atom is -0.462 e. The van der Waals surface area contributed by atoms with E-state index in [4.69, 9.17) is 14.2 Å². The highest BCUT2D eigenvalue weighted by atomic mass is 16.6. The summed E-state index contributed by atoms with van der Waals surface area (Å²) in [5, 5.41) is 0. The fraction of sp³-hybridized carbons (Fsp3) is 0.836. The Morgan fingerprint density at radius 3 is 0.951 bits per heavy atom. The van der Waals surface area contributed by atoms with E-state index in [1.54, 1.807) is 0 Å². The van der Waals surface area contributed by atoms with E-state index in [0.717, 1.165) is 64.2 Å². The maximum atomic E-state index is 12.8. The van der Waals surface area contributed by atoms with E-state index in [9.17, 15) is 14.4 Å². The molecule has 0 aliphatic carbocycles. The Kier molecular flexibility index (Phi) is 48.3. The zero-order valence-electron chi connectivity index (χ0n) is 40.7. The molecule has 0 rings (SSSR count). The first kappa shape index (κ1) is 58.6. The number of ether oxygens (including phenoxy) is 3. The predicted octanol–water partition coefficient (Wildman–Crippen LogP) is 17.3. The Balaban J connectivity index is 4.40. The molecule has 0 N–H and O–H groups in total. The van der Waals surface area contributed by atoms with Crippen LogP contribution in [0, 0.1) is 0 Å². The lowest BCUT2D eigenvalue weighted by molar-refractivity contribution is -0.167. The molecule has 0 bridgehead atoms. The van der Waals surface area contributed by atoms with Crippen LogP contribution in [-0.4, -0.2) is 37.2 Å². The van der Waals surface area contributed by atoms with Gasteiger partial charge in [0.15, 0.2) is 6.10 Å². The van der Waals surface area contributed by atoms with Crippen molar-refractivity contribution in [2.75, 3.05) is 13.2 Å². The molecule has 0 aliphatic heterocycles. The van der Waals surface area contributed by atoms with Crippen molar-refractivity contribution in [3.05, 3.63) is 36.5 Å². The van der Waals surface area contributed by atoms with Gasteiger partial charge in [-0.2, -0.15) is 0 Å². The van der Waals surface area contributed by atoms with Gasteiger partial charge < -0.3 is 14.2 Å². The van der Waals surface area contributed by atoms with E-state index in [-0.39, 0.29) is 37.5 Å². The predicted molar refractivity (Wildman–Crippen MR) is 261 cm³/mol. The lowest BCUT2D eigenvalue weighted by Gasteiger charge is -2.18. The van der Waals surface area contributed by atoms with Gasteiger partial charge in [-0.1, -0.05) is 237 Å². The highest BCUT2D eigenvalue weighted by Crippen LogP contribution is 2.16. The lowest BCUT2D eigenvalue weighted by atomic mass is 10.0. The van der Waals surface area contributed by atoms with E-state index in [1.165, 1.54) is 167 Å². The average molecular weight is 857 g/mol. The van der Waals surface area contributed by atoms with Crippen molar-refractivity contribution in [2.24, 2.45) is 0 Å². The van der Waals surface area contributed by atoms with Crippen LogP contribution in [0.4, 0.5) is 0 Å². The molecule has 6 heteroatoms. The molecule has 0 heterocycles. The molecule has 61 heavy (non-hydrogen) atoms. The van der Waals surface area contributed by atoms with Crippen molar-refractivity contribution in [1.82, 2.24) is 0 Å². The van der Waals surface area contributed by atoms with Crippen LogP contribution in [0.25, 0.3) is 0 Å². The van der Waals surface area contributed by atoms with Gasteiger partial charge in [0.1, 0.15) is 13.2 Å². The normalized spacial score (nSPS) is 12.2. The van der Waals surface area contributed by atoms with E-state index >= 15 is 0 Å². The van der Waals surface area contributed by atoms with Crippen LogP contribution in [0.2, 0.25) is 0 Å². The van der Waals surface area contributed by atoms with Gasteiger partial charge in [0.25, 0.3) is 0 Å². The van der Waals surface area contributed by atoms with Crippen LogP contribution < -0.4 is 0 Å². The number of unbranched alkanes of at least 4 members (excludes halogenated alkanes) is 31. The summed E-state index contributed by atoms with van der Waals surface area (Å²) in [6, 6.07) is 0. The molecule has 0 unspecified atom stereocenters. The molecule has 0 aliphatic rings. The summed E-state index contributed by atoms with van der Waals surface area (Å²) in [6.07, 6.45) is 58.4. The molecule has 356 valence electrons. The van der Waals surface area contributed by atoms with Crippen molar-refractivity contribution in [1.29, 1.82) is 0 Å². The number of rotatable bonds is 48. The highest BCUT2D eigenvalue weighted by molar-refractivity contribution is 5.71. The minimum absolute atomic E-state index is 0.0831. The smallest absolute Gasteiger partial charge is 0.306 e. The van der Waals surface area contributed by atoms with Gasteiger partial charge in [-0.15, -0.1) is 0 Å². The molecule has 0 radical (unpaired) electrons. The number of hydrogen-bond donors (Lipinski definition) is 0. The largest absolute Gasteiger partial charge is 0.462 e. The van der Waals surface area contributed by atoms with Gasteiger partial charge in [-0.05, 0) is 57.8 Å². The van der Waals surface area contributed by atoms with Gasteiger partial charge in [0.2, 0.25) is 0 Å². The van der Waals surface area contributed by atoms with Gasteiger partial charge in [0.05, 0.1) is 0 Å². The Morgan fingerprint density at radius 2 is 0.590 bits per heavy atom. The third-order valence-electron chi connectivity index (χ3n) is 11.6. The van der Waals surface area contributed by atoms with E-state index in [1.807, 2.05) is 0 Å². The van der Waals surface area contributed by atoms with E-state index in [2.05, 4.69) is 57.2 Å². The summed E-state index contributed by atoms with van der Waals surface area (Å²) in [4.78, 5) is 38.0. The number of carbonyl (C=O) groups excluding carboxylic acids is 3. The summed E-state index contributed by atoms with van der Waals surface area (Å²) < 4.78 is 16.8. The number of hydrogen-bond acceptors (Lipinski definition) is 6. The Hall–Kier alpha value is -2.37. The summed E-state index contributed by atoms with van der Waals surface area (Å²) in [7, 11) is 0. The van der Waals surface area contributed by atoms with Crippen molar-refractivity contribution in [3.8, 4) is 0 Å². The molecule has 0 spiro atoms. The standard InChI is InChI=1S/C55H100O6/c1-4-7-10-13-16-19-22-25-27-30-33-36-39-42-45-48-54(57)60-51-52(50-59-53(56)47-44-41-38-35-32-29-24-21-18-15-12-9-6-3)61-55(58)49-46-43-40-37-34-31-28-26-23-20-17-14-11-8-5-2/h17,20,26,28,34,37,52H,4-16,18-19,21-25,27,29-33,35-36,38-51H2,1-3H3/b20-17-,28-26-,37-34-/t52-/m0/s1. The maximum absolute atomic E-state index is 12.8. The molecule has 0 aromatic rings. The molecule has 6 nitrogen and oxygen atoms in total. The summed E-state index contributed by atoms with van der Waals surface area (Å²) in [6.45, 7) is 6.60. The second-order valence-corrected chi connectivity index (χ2v) is 17.8. The highest BCUT2D eigenvalue weighted by Gasteiger charge is 2.19. The quantitative estimate of drug-likeness (QED) is 0.0262. The molecular formula is C55H100O6. The summed E-state index contributed by atoms with van der Waals surface area (Å²) in [5.74, 6) is -0.908. The van der Waals surface area contributed by atoms with Gasteiger partial charge in [-0.3, -0.25) is 14.4 Å². The van der Waals surface area contributed by atoms with Crippen LogP contribution in [0.5, 0.6) is 0 Å². The molecule has 0 aromatic heterocycles. The third-order valence-corrected chi connectivity index (χ3v) is 11.6. The van der Waals surface area contributed by atoms with Crippen LogP contribution in [0.15, 0.2) is 36.5 Å². The molecular weight excluding hydrogens is 757 g/mol. The molecule has 0 saturated carbocycles. The van der Waals surface area contributed by atoms with Crippen LogP contribution >= 0.6 is 0 Å². The van der Waals surface area contributed by atoms with Crippen molar-refractivity contribution in [2.45, 2.75) is 284 Å². The molecule has 0 fully saturated rings. The second kappa shape index (κ2) is 50.3. The number of esters is 3. The number of carbonyl (C=O) groups is 3. The minimum atomic E-state index is -0.786. The second-order valence-electron chi connectivity index (χ2n) is 17.8. The fourth-order valence-electron chi connectivity index (χ4n) is 7.63. The van der Waals surface area contributed by atoms with E-state index in [0.29, 0.717) is 19.3 Å². The van der Waals surface area contributed by atoms with Crippen molar-refractivity contribution >= 4 is 17.9 Å². The van der Waals surface area contributed by atoms with Crippen molar-refractivity contribution < 1.29 is 28.6 Å². The van der Waals surface area contributed by atoms with Gasteiger partial charge in [0, 0.05) is 19.3 Å². The molecule has 0 saturated heterocycles. The Bertz CT molecular complexity index is 1030. The maximum Gasteiger partial charge on any atom is 0.306 e. The van der Waals surface area contributed by atoms with E-state index < -0.39 is 6.10 Å². The summed E-state index contributed by atoms with van der Waals surface area (Å²) in [5.41, 5.74) is 0. The Labute approximate surface area is 378 Å². The molecule has 1 atom stereocenters. The molecule has 0 amide bonds. The first-order chi connectivity index (χ1) is 30.0. The zero-order chi connectivity index (χ0) is 44.4. The van der Waals surface area contributed by atoms with Crippen molar-refractivity contribution in [3.63, 3.8) is 0 Å². The van der Waals surface area contributed by atoms with Crippen LogP contribution in [0.1, 0.15) is 278 Å². The third kappa shape index (κ3) is 48.5. The monoisotopic (exact) mass is 857 g/mol. The number of allylic oxidation sites excluding steroid dienone is 6. The van der Waals surface area contributed by atoms with Crippen LogP contribution in [0.3, 0.4) is 0 Å². The lowest BCUT2D eigenvalue weighted by Crippen LogP contribution is -2.30. The first-order valence-electron chi connectivity index (χ1n) is 26.5. The first-order valence-corrected chi connectivity index (χ1v) is 26.5. The SMILES string of the molecule is CCCCC/C=C\C/C=C\C/C=C\CCCCC(=O)O[C@@H](COC(=O)CCCCCCCCCCCCCCC)COC(=O)CCCCCCCCCCCCCCCCC. The van der Waals surface area contributed by atoms with Crippen LogP contribution in [-0.2, 0) is 28.6 Å². The average Bonchev–Trinajstić information content (AvgIpc) is 3.26. The van der Waals surface area contributed by atoms with Gasteiger partial charge in [-0.25, -0.2) is 0 Å². The fourth-order valence-corrected chi connectivity index (χ4v) is 7.63. The van der Waals surface area contributed by atoms with Gasteiger partial charge >= 0.3 is 17.9 Å².